The third-order valence-electron chi connectivity index (χ3n) is 4.81. The lowest BCUT2D eigenvalue weighted by molar-refractivity contribution is -0.114. The third-order valence-corrected chi connectivity index (χ3v) is 6.58. The second-order valence-corrected chi connectivity index (χ2v) is 9.00. The van der Waals surface area contributed by atoms with Gasteiger partial charge in [0, 0.05) is 18.7 Å². The van der Waals surface area contributed by atoms with Gasteiger partial charge in [-0.1, -0.05) is 48.5 Å². The van der Waals surface area contributed by atoms with Crippen molar-refractivity contribution in [2.24, 2.45) is 0 Å². The maximum absolute atomic E-state index is 13.7. The van der Waals surface area contributed by atoms with Gasteiger partial charge in [-0.2, -0.15) is 5.10 Å². The van der Waals surface area contributed by atoms with E-state index in [9.17, 15) is 13.2 Å². The van der Waals surface area contributed by atoms with Crippen LogP contribution in [0.1, 0.15) is 12.5 Å². The predicted octanol–water partition coefficient (Wildman–Crippen LogP) is 4.23. The van der Waals surface area contributed by atoms with E-state index in [4.69, 9.17) is 0 Å². The molecule has 0 radical (unpaired) electrons. The largest absolute Gasteiger partial charge is 0.326 e. The summed E-state index contributed by atoms with van der Waals surface area (Å²) < 4.78 is 30.4. The molecule has 4 rings (SSSR count). The maximum atomic E-state index is 13.7. The van der Waals surface area contributed by atoms with Crippen molar-refractivity contribution in [3.63, 3.8) is 0 Å². The molecule has 0 saturated carbocycles. The van der Waals surface area contributed by atoms with Crippen LogP contribution < -0.4 is 9.62 Å². The fourth-order valence-corrected chi connectivity index (χ4v) is 4.77. The quantitative estimate of drug-likeness (QED) is 0.461. The Hall–Kier alpha value is -3.91. The van der Waals surface area contributed by atoms with Crippen molar-refractivity contribution < 1.29 is 13.2 Å². The predicted molar refractivity (Wildman–Crippen MR) is 124 cm³/mol. The number of nitrogens with zero attached hydrogens (tertiary/aromatic N) is 3. The maximum Gasteiger partial charge on any atom is 0.265 e. The Bertz CT molecular complexity index is 1300. The zero-order chi connectivity index (χ0) is 22.6. The number of hydrogen-bond acceptors (Lipinski definition) is 4. The molecule has 0 spiro atoms. The van der Waals surface area contributed by atoms with E-state index in [1.807, 2.05) is 60.7 Å². The number of hydrogen-bond donors (Lipinski definition) is 1. The van der Waals surface area contributed by atoms with Crippen molar-refractivity contribution in [3.8, 4) is 5.69 Å². The highest BCUT2D eigenvalue weighted by atomic mass is 32.2. The topological polar surface area (TPSA) is 84.3 Å². The van der Waals surface area contributed by atoms with Crippen LogP contribution in [0.5, 0.6) is 0 Å². The van der Waals surface area contributed by atoms with Crippen molar-refractivity contribution in [3.05, 3.63) is 103 Å². The van der Waals surface area contributed by atoms with E-state index in [0.29, 0.717) is 11.5 Å². The van der Waals surface area contributed by atoms with Gasteiger partial charge in [0.05, 0.1) is 23.3 Å². The summed E-state index contributed by atoms with van der Waals surface area (Å²) in [5.41, 5.74) is 2.12. The normalized spacial score (nSPS) is 11.2. The zero-order valence-corrected chi connectivity index (χ0v) is 18.2. The lowest BCUT2D eigenvalue weighted by atomic mass is 10.2. The Balaban J connectivity index is 1.79. The Morgan fingerprint density at radius 2 is 1.53 bits per heavy atom. The molecule has 1 amide bonds. The molecule has 3 aromatic carbocycles. The second kappa shape index (κ2) is 9.07. The van der Waals surface area contributed by atoms with Crippen LogP contribution in [0.25, 0.3) is 5.69 Å². The van der Waals surface area contributed by atoms with Gasteiger partial charge in [-0.3, -0.25) is 4.79 Å². The Kier molecular flexibility index (Phi) is 6.04. The van der Waals surface area contributed by atoms with Crippen molar-refractivity contribution in [2.75, 3.05) is 9.62 Å². The second-order valence-electron chi connectivity index (χ2n) is 7.14. The van der Waals surface area contributed by atoms with Gasteiger partial charge >= 0.3 is 0 Å². The first kappa shape index (κ1) is 21.3. The van der Waals surface area contributed by atoms with E-state index in [0.717, 1.165) is 11.3 Å². The lowest BCUT2D eigenvalue weighted by Gasteiger charge is -2.25. The number of nitrogens with one attached hydrogen (secondary N) is 1. The van der Waals surface area contributed by atoms with Gasteiger partial charge in [-0.25, -0.2) is 17.4 Å². The van der Waals surface area contributed by atoms with Crippen LogP contribution in [0.15, 0.2) is 102 Å². The summed E-state index contributed by atoms with van der Waals surface area (Å²) in [5, 5.41) is 7.02. The minimum atomic E-state index is -3.94. The molecule has 0 aliphatic rings. The van der Waals surface area contributed by atoms with Crippen molar-refractivity contribution >= 4 is 27.4 Å². The minimum absolute atomic E-state index is 0.114. The SMILES string of the molecule is CC(=O)Nc1ccc(S(=O)(=O)N(Cc2ccccc2)c2ccnn2-c2ccccc2)cc1. The van der Waals surface area contributed by atoms with Crippen molar-refractivity contribution in [1.29, 1.82) is 0 Å². The monoisotopic (exact) mass is 446 g/mol. The number of anilines is 2. The van der Waals surface area contributed by atoms with E-state index < -0.39 is 10.0 Å². The summed E-state index contributed by atoms with van der Waals surface area (Å²) in [4.78, 5) is 11.4. The molecule has 1 aromatic heterocycles. The van der Waals surface area contributed by atoms with E-state index in [2.05, 4.69) is 10.4 Å². The molecule has 0 unspecified atom stereocenters. The van der Waals surface area contributed by atoms with E-state index in [1.54, 1.807) is 29.1 Å². The minimum Gasteiger partial charge on any atom is -0.326 e. The molecule has 0 bridgehead atoms. The molecule has 32 heavy (non-hydrogen) atoms. The van der Waals surface area contributed by atoms with Crippen LogP contribution in [0, 0.1) is 0 Å². The number of benzene rings is 3. The molecule has 0 fully saturated rings. The first-order chi connectivity index (χ1) is 15.4. The molecule has 162 valence electrons. The number of para-hydroxylation sites is 1. The summed E-state index contributed by atoms with van der Waals surface area (Å²) in [6.45, 7) is 1.53. The standard InChI is InChI=1S/C24H22N4O3S/c1-19(29)26-21-12-14-23(15-13-21)32(30,31)27(18-20-8-4-2-5-9-20)24-16-17-25-28(24)22-10-6-3-7-11-22/h2-17H,18H2,1H3,(H,26,29). The molecule has 8 heteroatoms. The van der Waals surface area contributed by atoms with Crippen LogP contribution in [-0.4, -0.2) is 24.1 Å². The van der Waals surface area contributed by atoms with Crippen molar-refractivity contribution in [2.45, 2.75) is 18.4 Å². The summed E-state index contributed by atoms with van der Waals surface area (Å²) in [7, 11) is -3.94. The third kappa shape index (κ3) is 4.55. The van der Waals surface area contributed by atoms with E-state index in [1.165, 1.54) is 23.4 Å². The highest BCUT2D eigenvalue weighted by Gasteiger charge is 2.28. The number of rotatable bonds is 7. The number of sulfonamides is 1. The summed E-state index contributed by atoms with van der Waals surface area (Å²) in [5.74, 6) is 0.198. The lowest BCUT2D eigenvalue weighted by Crippen LogP contribution is -2.32. The van der Waals surface area contributed by atoms with E-state index in [-0.39, 0.29) is 17.3 Å². The van der Waals surface area contributed by atoms with Gasteiger partial charge in [0.15, 0.2) is 0 Å². The Labute approximate surface area is 187 Å². The van der Waals surface area contributed by atoms with Gasteiger partial charge in [0.1, 0.15) is 5.82 Å². The molecule has 1 N–H and O–H groups in total. The first-order valence-electron chi connectivity index (χ1n) is 9.99. The fraction of sp³-hybridized carbons (Fsp3) is 0.0833. The zero-order valence-electron chi connectivity index (χ0n) is 17.4. The average Bonchev–Trinajstić information content (AvgIpc) is 3.28. The molecule has 0 aliphatic heterocycles. The van der Waals surface area contributed by atoms with Gasteiger partial charge in [0.25, 0.3) is 10.0 Å². The fourth-order valence-electron chi connectivity index (χ4n) is 3.33. The molecular formula is C24H22N4O3S. The molecule has 7 nitrogen and oxygen atoms in total. The number of carbonyl (C=O) groups excluding carboxylic acids is 1. The number of amides is 1. The van der Waals surface area contributed by atoms with Gasteiger partial charge in [-0.05, 0) is 42.0 Å². The number of aromatic nitrogens is 2. The van der Waals surface area contributed by atoms with Crippen LogP contribution in [-0.2, 0) is 21.4 Å². The highest BCUT2D eigenvalue weighted by molar-refractivity contribution is 7.92. The Morgan fingerprint density at radius 1 is 0.906 bits per heavy atom. The molecule has 0 saturated heterocycles. The molecule has 0 aliphatic carbocycles. The van der Waals surface area contributed by atoms with Crippen molar-refractivity contribution in [1.82, 2.24) is 9.78 Å². The molecule has 0 atom stereocenters. The smallest absolute Gasteiger partial charge is 0.265 e. The van der Waals surface area contributed by atoms with Crippen LogP contribution >= 0.6 is 0 Å². The summed E-state index contributed by atoms with van der Waals surface area (Å²) in [6.07, 6.45) is 1.58. The van der Waals surface area contributed by atoms with Gasteiger partial charge in [-0.15, -0.1) is 0 Å². The highest BCUT2D eigenvalue weighted by Crippen LogP contribution is 2.28. The molecule has 1 heterocycles. The van der Waals surface area contributed by atoms with Gasteiger partial charge < -0.3 is 5.32 Å². The van der Waals surface area contributed by atoms with E-state index >= 15 is 0 Å². The summed E-state index contributed by atoms with van der Waals surface area (Å²) in [6, 6.07) is 26.6. The number of carbonyl (C=O) groups is 1. The summed E-state index contributed by atoms with van der Waals surface area (Å²) >= 11 is 0. The first-order valence-corrected chi connectivity index (χ1v) is 11.4. The van der Waals surface area contributed by atoms with Crippen LogP contribution in [0.2, 0.25) is 0 Å². The molecule has 4 aromatic rings. The van der Waals surface area contributed by atoms with Gasteiger partial charge in [0.2, 0.25) is 5.91 Å². The Morgan fingerprint density at radius 3 is 2.16 bits per heavy atom. The molecular weight excluding hydrogens is 424 g/mol. The average molecular weight is 447 g/mol. The van der Waals surface area contributed by atoms with Crippen LogP contribution in [0.3, 0.4) is 0 Å². The van der Waals surface area contributed by atoms with Crippen LogP contribution in [0.4, 0.5) is 11.5 Å².